The molecule has 0 saturated carbocycles. The van der Waals surface area contributed by atoms with Gasteiger partial charge in [0.05, 0.1) is 17.8 Å². The molecule has 0 radical (unpaired) electrons. The van der Waals surface area contributed by atoms with Gasteiger partial charge in [-0.15, -0.1) is 0 Å². The third-order valence-electron chi connectivity index (χ3n) is 4.94. The third kappa shape index (κ3) is 6.39. The van der Waals surface area contributed by atoms with Crippen LogP contribution in [0.15, 0.2) is 53.7 Å². The zero-order chi connectivity index (χ0) is 23.4. The van der Waals surface area contributed by atoms with E-state index in [4.69, 9.17) is 9.57 Å². The molecule has 0 unspecified atom stereocenters. The molecular weight excluding hydrogens is 394 g/mol. The van der Waals surface area contributed by atoms with Crippen LogP contribution >= 0.6 is 0 Å². The van der Waals surface area contributed by atoms with Crippen LogP contribution in [0.4, 0.5) is 0 Å². The second kappa shape index (κ2) is 9.62. The Kier molecular flexibility index (Phi) is 7.63. The average molecular weight is 428 g/mol. The van der Waals surface area contributed by atoms with Crippen LogP contribution in [0.25, 0.3) is 0 Å². The molecule has 0 bridgehead atoms. The Hall–Kier alpha value is -2.70. The first kappa shape index (κ1) is 24.6. The zero-order valence-electron chi connectivity index (χ0n) is 19.3. The number of hydrogen-bond donors (Lipinski definition) is 2. The third-order valence-corrected chi connectivity index (χ3v) is 4.94. The maximum Gasteiger partial charge on any atom is 0.344 e. The Balaban J connectivity index is 2.18. The second-order valence-electron chi connectivity index (χ2n) is 9.75. The Morgan fingerprint density at radius 2 is 1.16 bits per heavy atom. The van der Waals surface area contributed by atoms with Crippen molar-refractivity contribution in [1.29, 1.82) is 0 Å². The van der Waals surface area contributed by atoms with E-state index < -0.39 is 18.2 Å². The number of hydrogen-bond acceptors (Lipinski definition) is 6. The van der Waals surface area contributed by atoms with Crippen molar-refractivity contribution in [2.45, 2.75) is 53.8 Å². The number of aliphatic hydroxyl groups excluding tert-OH is 2. The molecule has 6 nitrogen and oxygen atoms in total. The van der Waals surface area contributed by atoms with Gasteiger partial charge >= 0.3 is 5.97 Å². The quantitative estimate of drug-likeness (QED) is 0.303. The maximum absolute atomic E-state index is 12.6. The molecule has 0 aliphatic rings. The highest BCUT2D eigenvalue weighted by Gasteiger charge is 2.25. The van der Waals surface area contributed by atoms with Crippen molar-refractivity contribution in [3.63, 3.8) is 0 Å². The summed E-state index contributed by atoms with van der Waals surface area (Å²) in [5.41, 5.74) is 1.74. The molecule has 0 spiro atoms. The molecule has 31 heavy (non-hydrogen) atoms. The van der Waals surface area contributed by atoms with E-state index >= 15 is 0 Å². The molecule has 2 aromatic rings. The van der Waals surface area contributed by atoms with Gasteiger partial charge in [0.25, 0.3) is 5.90 Å². The van der Waals surface area contributed by atoms with E-state index in [1.807, 2.05) is 41.5 Å². The van der Waals surface area contributed by atoms with Crippen LogP contribution in [-0.4, -0.2) is 29.2 Å². The van der Waals surface area contributed by atoms with Gasteiger partial charge in [0.1, 0.15) is 7.11 Å². The fourth-order valence-corrected chi connectivity index (χ4v) is 2.97. The predicted octanol–water partition coefficient (Wildman–Crippen LogP) is 5.01. The summed E-state index contributed by atoms with van der Waals surface area (Å²) in [6, 6.07) is 13.6. The lowest BCUT2D eigenvalue weighted by Gasteiger charge is -2.26. The number of carbonyl (C=O) groups is 1. The first-order chi connectivity index (χ1) is 14.3. The Morgan fingerprint density at radius 1 is 0.774 bits per heavy atom. The van der Waals surface area contributed by atoms with E-state index in [1.165, 1.54) is 7.11 Å². The lowest BCUT2D eigenvalue weighted by atomic mass is 9.84. The summed E-state index contributed by atoms with van der Waals surface area (Å²) >= 11 is 0. The van der Waals surface area contributed by atoms with Crippen LogP contribution in [-0.2, 0) is 9.57 Å². The predicted molar refractivity (Wildman–Crippen MR) is 121 cm³/mol. The van der Waals surface area contributed by atoms with Crippen molar-refractivity contribution in [2.24, 2.45) is 16.0 Å². The summed E-state index contributed by atoms with van der Waals surface area (Å²) in [6.45, 7) is 11.7. The topological polar surface area (TPSA) is 88.4 Å². The van der Waals surface area contributed by atoms with Gasteiger partial charge in [-0.1, -0.05) is 65.8 Å². The van der Waals surface area contributed by atoms with Gasteiger partial charge in [0, 0.05) is 5.56 Å². The number of oxime groups is 1. The number of aliphatic hydroxyl groups is 2. The number of ether oxygens (including phenoxy) is 1. The molecule has 0 aliphatic heterocycles. The summed E-state index contributed by atoms with van der Waals surface area (Å²) < 4.78 is 5.46. The summed E-state index contributed by atoms with van der Waals surface area (Å²) in [6.07, 6.45) is -1.28. The van der Waals surface area contributed by atoms with E-state index in [2.05, 4.69) is 5.16 Å². The van der Waals surface area contributed by atoms with Gasteiger partial charge in [-0.3, -0.25) is 0 Å². The van der Waals surface area contributed by atoms with Crippen molar-refractivity contribution in [3.05, 3.63) is 70.8 Å². The fourth-order valence-electron chi connectivity index (χ4n) is 2.97. The number of benzene rings is 2. The van der Waals surface area contributed by atoms with Crippen molar-refractivity contribution >= 4 is 11.9 Å². The first-order valence-electron chi connectivity index (χ1n) is 10.2. The van der Waals surface area contributed by atoms with Crippen LogP contribution in [0.3, 0.4) is 0 Å². The Labute approximate surface area is 184 Å². The van der Waals surface area contributed by atoms with Gasteiger partial charge in [0.15, 0.2) is 0 Å². The molecule has 2 aromatic carbocycles. The highest BCUT2D eigenvalue weighted by Crippen LogP contribution is 2.33. The van der Waals surface area contributed by atoms with Crippen LogP contribution in [0.1, 0.15) is 80.8 Å². The average Bonchev–Trinajstić information content (AvgIpc) is 2.71. The fraction of sp³-hybridized carbons (Fsp3) is 0.440. The van der Waals surface area contributed by atoms with Crippen molar-refractivity contribution in [1.82, 2.24) is 0 Å². The van der Waals surface area contributed by atoms with E-state index in [0.29, 0.717) is 11.1 Å². The number of rotatable bonds is 5. The molecule has 0 fully saturated rings. The normalized spacial score (nSPS) is 14.7. The van der Waals surface area contributed by atoms with E-state index in [1.54, 1.807) is 48.5 Å². The first-order valence-corrected chi connectivity index (χ1v) is 10.2. The minimum atomic E-state index is -0.648. The molecule has 0 aliphatic carbocycles. The Bertz CT molecular complexity index is 903. The summed E-state index contributed by atoms with van der Waals surface area (Å²) in [5, 5.41) is 24.7. The van der Waals surface area contributed by atoms with Crippen molar-refractivity contribution in [3.8, 4) is 0 Å². The highest BCUT2D eigenvalue weighted by molar-refractivity contribution is 6.04. The zero-order valence-corrected chi connectivity index (χ0v) is 19.3. The Morgan fingerprint density at radius 3 is 1.52 bits per heavy atom. The minimum Gasteiger partial charge on any atom is -0.400 e. The van der Waals surface area contributed by atoms with Crippen molar-refractivity contribution in [2.75, 3.05) is 7.11 Å². The monoisotopic (exact) mass is 427 g/mol. The molecule has 0 heterocycles. The lowest BCUT2D eigenvalue weighted by Crippen LogP contribution is -2.19. The van der Waals surface area contributed by atoms with E-state index in [-0.39, 0.29) is 16.7 Å². The van der Waals surface area contributed by atoms with E-state index in [9.17, 15) is 15.0 Å². The molecule has 2 atom stereocenters. The van der Waals surface area contributed by atoms with Gasteiger partial charge in [-0.2, -0.15) is 0 Å². The summed E-state index contributed by atoms with van der Waals surface area (Å²) in [7, 11) is 1.37. The van der Waals surface area contributed by atoms with Gasteiger partial charge < -0.3 is 19.8 Å². The summed E-state index contributed by atoms with van der Waals surface area (Å²) in [5.74, 6) is -0.575. The smallest absolute Gasteiger partial charge is 0.344 e. The van der Waals surface area contributed by atoms with Crippen LogP contribution in [0.5, 0.6) is 0 Å². The van der Waals surface area contributed by atoms with Gasteiger partial charge in [0.2, 0.25) is 0 Å². The molecule has 0 amide bonds. The highest BCUT2D eigenvalue weighted by atomic mass is 16.6. The van der Waals surface area contributed by atoms with E-state index in [0.717, 1.165) is 11.1 Å². The number of nitrogens with zero attached hydrogens (tertiary/aromatic N) is 1. The number of esters is 1. The number of carbonyl (C=O) groups excluding carboxylic acids is 1. The molecule has 0 saturated heterocycles. The molecule has 6 heteroatoms. The minimum absolute atomic E-state index is 0.0168. The molecule has 2 N–H and O–H groups in total. The standard InChI is InChI=1S/C25H33NO5/c1-24(2,3)20(27)16-8-12-18(13-9-16)22(26-30-7)31-23(29)19-14-10-17(11-15-19)21(28)25(4,5)6/h8-15,20-21,27-28H,1-7H3/b26-22-/t20-,21+/m0/s1. The van der Waals surface area contributed by atoms with Crippen molar-refractivity contribution < 1.29 is 24.6 Å². The second-order valence-corrected chi connectivity index (χ2v) is 9.75. The molecule has 2 rings (SSSR count). The summed E-state index contributed by atoms with van der Waals surface area (Å²) in [4.78, 5) is 17.5. The van der Waals surface area contributed by atoms with Gasteiger partial charge in [-0.25, -0.2) is 4.79 Å². The van der Waals surface area contributed by atoms with Crippen LogP contribution < -0.4 is 0 Å². The van der Waals surface area contributed by atoms with Crippen LogP contribution in [0, 0.1) is 10.8 Å². The molecular formula is C25H33NO5. The maximum atomic E-state index is 12.6. The lowest BCUT2D eigenvalue weighted by molar-refractivity contribution is 0.0624. The SMILES string of the molecule is CO/N=C(\OC(=O)c1ccc([C@@H](O)C(C)(C)C)cc1)c1ccc([C@H](O)C(C)(C)C)cc1. The molecule has 0 aromatic heterocycles. The van der Waals surface area contributed by atoms with Crippen LogP contribution in [0.2, 0.25) is 0 Å². The molecule has 168 valence electrons. The van der Waals surface area contributed by atoms with Gasteiger partial charge in [-0.05, 0) is 51.4 Å². The largest absolute Gasteiger partial charge is 0.400 e.